The Labute approximate surface area is 126 Å². The van der Waals surface area contributed by atoms with Crippen molar-refractivity contribution in [2.24, 2.45) is 23.7 Å². The second-order valence-corrected chi connectivity index (χ2v) is 7.19. The van der Waals surface area contributed by atoms with E-state index in [0.717, 1.165) is 48.8 Å². The number of ether oxygens (including phenoxy) is 1. The van der Waals surface area contributed by atoms with Crippen molar-refractivity contribution in [3.05, 3.63) is 29.8 Å². The van der Waals surface area contributed by atoms with E-state index in [2.05, 4.69) is 23.5 Å². The molecular formula is C18H25NO2. The second kappa shape index (κ2) is 5.29. The van der Waals surface area contributed by atoms with E-state index in [1.54, 1.807) is 7.11 Å². The highest BCUT2D eigenvalue weighted by Gasteiger charge is 2.55. The predicted molar refractivity (Wildman–Crippen MR) is 82.1 cm³/mol. The quantitative estimate of drug-likeness (QED) is 0.894. The molecule has 0 aliphatic heterocycles. The highest BCUT2D eigenvalue weighted by atomic mass is 16.5. The van der Waals surface area contributed by atoms with Crippen molar-refractivity contribution < 1.29 is 9.84 Å². The summed E-state index contributed by atoms with van der Waals surface area (Å²) in [6.07, 6.45) is 4.78. The van der Waals surface area contributed by atoms with Crippen molar-refractivity contribution in [3.63, 3.8) is 0 Å². The first-order valence-electron chi connectivity index (χ1n) is 8.29. The standard InChI is InChI=1S/C18H25NO2/c1-21-14-4-2-3-11(5-14)10-19-18-7-12-6-17(18)16-9-13(20)8-15(12)16/h2-5,12-13,15-20H,6-10H2,1H3. The maximum atomic E-state index is 9.92. The molecule has 3 aliphatic rings. The summed E-state index contributed by atoms with van der Waals surface area (Å²) in [6.45, 7) is 0.922. The first-order chi connectivity index (χ1) is 10.2. The average molecular weight is 287 g/mol. The van der Waals surface area contributed by atoms with Gasteiger partial charge in [0.2, 0.25) is 0 Å². The molecule has 2 bridgehead atoms. The molecule has 114 valence electrons. The minimum Gasteiger partial charge on any atom is -0.497 e. The predicted octanol–water partition coefficient (Wildman–Crippen LogP) is 2.58. The Bertz CT molecular complexity index is 518. The molecule has 2 N–H and O–H groups in total. The van der Waals surface area contributed by atoms with E-state index in [1.165, 1.54) is 18.4 Å². The van der Waals surface area contributed by atoms with E-state index in [4.69, 9.17) is 4.74 Å². The number of aliphatic hydroxyl groups is 1. The summed E-state index contributed by atoms with van der Waals surface area (Å²) in [6, 6.07) is 8.96. The van der Waals surface area contributed by atoms with Gasteiger partial charge in [0.25, 0.3) is 0 Å². The molecule has 6 atom stereocenters. The Hall–Kier alpha value is -1.06. The topological polar surface area (TPSA) is 41.5 Å². The number of hydrogen-bond acceptors (Lipinski definition) is 3. The van der Waals surface area contributed by atoms with E-state index in [1.807, 2.05) is 6.07 Å². The van der Waals surface area contributed by atoms with Crippen molar-refractivity contribution in [2.45, 2.75) is 44.4 Å². The molecule has 3 saturated carbocycles. The van der Waals surface area contributed by atoms with Gasteiger partial charge in [-0.15, -0.1) is 0 Å². The monoisotopic (exact) mass is 287 g/mol. The lowest BCUT2D eigenvalue weighted by Crippen LogP contribution is -2.38. The van der Waals surface area contributed by atoms with Crippen LogP contribution in [0.25, 0.3) is 0 Å². The summed E-state index contributed by atoms with van der Waals surface area (Å²) in [7, 11) is 1.72. The number of nitrogens with one attached hydrogen (secondary N) is 1. The number of hydrogen-bond donors (Lipinski definition) is 2. The minimum absolute atomic E-state index is 0.0255. The normalized spacial score (nSPS) is 40.5. The summed E-state index contributed by atoms with van der Waals surface area (Å²) < 4.78 is 5.29. The van der Waals surface area contributed by atoms with Gasteiger partial charge in [0.1, 0.15) is 5.75 Å². The fraction of sp³-hybridized carbons (Fsp3) is 0.667. The molecule has 0 aromatic heterocycles. The van der Waals surface area contributed by atoms with Crippen molar-refractivity contribution in [1.29, 1.82) is 0 Å². The van der Waals surface area contributed by atoms with Crippen molar-refractivity contribution >= 4 is 0 Å². The SMILES string of the molecule is COc1cccc(CNC2CC3CC2C2CC(O)CC32)c1. The highest BCUT2D eigenvalue weighted by Crippen LogP contribution is 2.58. The zero-order chi connectivity index (χ0) is 14.4. The highest BCUT2D eigenvalue weighted by molar-refractivity contribution is 5.28. The molecule has 0 radical (unpaired) electrons. The van der Waals surface area contributed by atoms with Crippen molar-refractivity contribution in [3.8, 4) is 5.75 Å². The van der Waals surface area contributed by atoms with Gasteiger partial charge in [-0.2, -0.15) is 0 Å². The maximum absolute atomic E-state index is 9.92. The Morgan fingerprint density at radius 1 is 1.14 bits per heavy atom. The molecule has 21 heavy (non-hydrogen) atoms. The molecule has 3 heteroatoms. The van der Waals surface area contributed by atoms with Gasteiger partial charge in [-0.25, -0.2) is 0 Å². The number of fused-ring (bicyclic) bond motifs is 5. The van der Waals surface area contributed by atoms with E-state index in [-0.39, 0.29) is 6.10 Å². The van der Waals surface area contributed by atoms with Crippen LogP contribution in [0.15, 0.2) is 24.3 Å². The lowest BCUT2D eigenvalue weighted by molar-refractivity contribution is 0.166. The average Bonchev–Trinajstić information content (AvgIpc) is 3.15. The van der Waals surface area contributed by atoms with Crippen LogP contribution in [-0.4, -0.2) is 24.4 Å². The zero-order valence-electron chi connectivity index (χ0n) is 12.7. The summed E-state index contributed by atoms with van der Waals surface area (Å²) >= 11 is 0. The first-order valence-corrected chi connectivity index (χ1v) is 8.29. The van der Waals surface area contributed by atoms with Crippen LogP contribution in [0.5, 0.6) is 5.75 Å². The molecule has 0 heterocycles. The summed E-state index contributed by atoms with van der Waals surface area (Å²) in [5.41, 5.74) is 1.29. The first kappa shape index (κ1) is 13.6. The Morgan fingerprint density at radius 3 is 2.86 bits per heavy atom. The third-order valence-corrected chi connectivity index (χ3v) is 6.14. The molecule has 3 fully saturated rings. The van der Waals surface area contributed by atoms with E-state index in [9.17, 15) is 5.11 Å². The van der Waals surface area contributed by atoms with Crippen molar-refractivity contribution in [1.82, 2.24) is 5.32 Å². The minimum atomic E-state index is -0.0255. The van der Waals surface area contributed by atoms with Crippen LogP contribution in [0.4, 0.5) is 0 Å². The number of methoxy groups -OCH3 is 1. The van der Waals surface area contributed by atoms with E-state index < -0.39 is 0 Å². The number of rotatable bonds is 4. The summed E-state index contributed by atoms with van der Waals surface area (Å²) in [5.74, 6) is 4.19. The van der Waals surface area contributed by atoms with Crippen LogP contribution < -0.4 is 10.1 Å². The molecule has 6 unspecified atom stereocenters. The molecule has 3 nitrogen and oxygen atoms in total. The molecule has 4 rings (SSSR count). The third kappa shape index (κ3) is 2.36. The van der Waals surface area contributed by atoms with Gasteiger partial charge in [0.05, 0.1) is 13.2 Å². The largest absolute Gasteiger partial charge is 0.497 e. The smallest absolute Gasteiger partial charge is 0.119 e. The van der Waals surface area contributed by atoms with Crippen LogP contribution in [0.3, 0.4) is 0 Å². The Morgan fingerprint density at radius 2 is 2.00 bits per heavy atom. The van der Waals surface area contributed by atoms with Gasteiger partial charge in [0.15, 0.2) is 0 Å². The van der Waals surface area contributed by atoms with Gasteiger partial charge in [-0.3, -0.25) is 0 Å². The summed E-state index contributed by atoms with van der Waals surface area (Å²) in [4.78, 5) is 0. The lowest BCUT2D eigenvalue weighted by atomic mass is 9.79. The Balaban J connectivity index is 1.38. The molecular weight excluding hydrogens is 262 g/mol. The molecule has 1 aromatic rings. The maximum Gasteiger partial charge on any atom is 0.119 e. The third-order valence-electron chi connectivity index (χ3n) is 6.14. The lowest BCUT2D eigenvalue weighted by Gasteiger charge is -2.32. The molecule has 0 saturated heterocycles. The van der Waals surface area contributed by atoms with Gasteiger partial charge in [-0.1, -0.05) is 12.1 Å². The van der Waals surface area contributed by atoms with Crippen LogP contribution in [0.1, 0.15) is 31.2 Å². The molecule has 0 amide bonds. The number of benzene rings is 1. The number of aliphatic hydroxyl groups excluding tert-OH is 1. The fourth-order valence-electron chi connectivity index (χ4n) is 5.31. The molecule has 0 spiro atoms. The van der Waals surface area contributed by atoms with Gasteiger partial charge < -0.3 is 15.2 Å². The zero-order valence-corrected chi connectivity index (χ0v) is 12.7. The fourth-order valence-corrected chi connectivity index (χ4v) is 5.31. The Kier molecular flexibility index (Phi) is 3.43. The van der Waals surface area contributed by atoms with E-state index >= 15 is 0 Å². The molecule has 1 aromatic carbocycles. The van der Waals surface area contributed by atoms with E-state index in [0.29, 0.717) is 6.04 Å². The summed E-state index contributed by atoms with van der Waals surface area (Å²) in [5, 5.41) is 13.7. The van der Waals surface area contributed by atoms with Gasteiger partial charge in [0, 0.05) is 12.6 Å². The van der Waals surface area contributed by atoms with Crippen LogP contribution >= 0.6 is 0 Å². The van der Waals surface area contributed by atoms with Crippen LogP contribution in [0.2, 0.25) is 0 Å². The second-order valence-electron chi connectivity index (χ2n) is 7.19. The van der Waals surface area contributed by atoms with Crippen LogP contribution in [-0.2, 0) is 6.54 Å². The van der Waals surface area contributed by atoms with Gasteiger partial charge >= 0.3 is 0 Å². The molecule has 3 aliphatic carbocycles. The van der Waals surface area contributed by atoms with Crippen LogP contribution in [0, 0.1) is 23.7 Å². The van der Waals surface area contributed by atoms with Crippen molar-refractivity contribution in [2.75, 3.05) is 7.11 Å². The van der Waals surface area contributed by atoms with Gasteiger partial charge in [-0.05, 0) is 67.1 Å².